The number of nitro benzene ring substituents is 1. The fraction of sp³-hybridized carbons (Fsp3) is 0.167. The van der Waals surface area contributed by atoms with E-state index >= 15 is 0 Å². The Morgan fingerprint density at radius 3 is 2.80 bits per heavy atom. The fourth-order valence-electron chi connectivity index (χ4n) is 1.57. The standard InChI is InChI=1S/C12H10N2O4S2/c1-18-10-4-3-8(14(16)17)5-7(10)6-9-11(15)20-12(13-9)19-2/h3-6H,1-2H3. The number of non-ortho nitro benzene ring substituents is 1. The number of carbonyl (C=O) groups is 1. The minimum absolute atomic E-state index is 0.0650. The molecule has 0 atom stereocenters. The molecule has 6 nitrogen and oxygen atoms in total. The van der Waals surface area contributed by atoms with Gasteiger partial charge in [0.05, 0.1) is 12.0 Å². The van der Waals surface area contributed by atoms with E-state index in [2.05, 4.69) is 4.99 Å². The first-order valence-corrected chi connectivity index (χ1v) is 7.48. The van der Waals surface area contributed by atoms with Gasteiger partial charge < -0.3 is 4.74 Å². The van der Waals surface area contributed by atoms with E-state index in [0.717, 1.165) is 11.8 Å². The van der Waals surface area contributed by atoms with E-state index in [0.29, 0.717) is 15.7 Å². The van der Waals surface area contributed by atoms with Crippen molar-refractivity contribution in [2.45, 2.75) is 0 Å². The molecule has 104 valence electrons. The van der Waals surface area contributed by atoms with Crippen LogP contribution in [-0.2, 0) is 4.79 Å². The Labute approximate surface area is 123 Å². The van der Waals surface area contributed by atoms with Crippen LogP contribution in [0.1, 0.15) is 5.56 Å². The molecule has 1 heterocycles. The third-order valence-electron chi connectivity index (χ3n) is 2.49. The zero-order valence-corrected chi connectivity index (χ0v) is 12.3. The van der Waals surface area contributed by atoms with Crippen LogP contribution in [0.25, 0.3) is 6.08 Å². The van der Waals surface area contributed by atoms with Gasteiger partial charge in [0.1, 0.15) is 15.8 Å². The summed E-state index contributed by atoms with van der Waals surface area (Å²) in [5, 5.41) is 10.6. The van der Waals surface area contributed by atoms with Gasteiger partial charge in [-0.05, 0) is 30.2 Å². The van der Waals surface area contributed by atoms with Crippen molar-refractivity contribution in [3.63, 3.8) is 0 Å². The highest BCUT2D eigenvalue weighted by Gasteiger charge is 2.22. The topological polar surface area (TPSA) is 81.8 Å². The molecule has 1 aliphatic rings. The summed E-state index contributed by atoms with van der Waals surface area (Å²) in [5.74, 6) is 0.453. The maximum atomic E-state index is 11.8. The molecule has 0 unspecified atom stereocenters. The van der Waals surface area contributed by atoms with Gasteiger partial charge in [0.15, 0.2) is 0 Å². The zero-order chi connectivity index (χ0) is 14.7. The summed E-state index contributed by atoms with van der Waals surface area (Å²) in [6, 6.07) is 4.20. The molecule has 20 heavy (non-hydrogen) atoms. The molecule has 1 aliphatic heterocycles. The summed E-state index contributed by atoms with van der Waals surface area (Å²) in [4.78, 5) is 26.2. The van der Waals surface area contributed by atoms with E-state index in [1.807, 2.05) is 6.26 Å². The molecule has 0 aliphatic carbocycles. The SMILES string of the molecule is COc1ccc([N+](=O)[O-])cc1C=C1N=C(SC)SC1=O. The highest BCUT2D eigenvalue weighted by Crippen LogP contribution is 2.32. The van der Waals surface area contributed by atoms with E-state index in [4.69, 9.17) is 4.74 Å². The smallest absolute Gasteiger partial charge is 0.270 e. The first kappa shape index (κ1) is 14.6. The number of benzene rings is 1. The highest BCUT2D eigenvalue weighted by molar-refractivity contribution is 8.45. The maximum absolute atomic E-state index is 11.8. The van der Waals surface area contributed by atoms with Crippen LogP contribution < -0.4 is 4.74 Å². The predicted octanol–water partition coefficient (Wildman–Crippen LogP) is 2.94. The molecular weight excluding hydrogens is 300 g/mol. The number of aliphatic imine (C=N–C) groups is 1. The van der Waals surface area contributed by atoms with Gasteiger partial charge in [0, 0.05) is 17.7 Å². The van der Waals surface area contributed by atoms with E-state index in [9.17, 15) is 14.9 Å². The Morgan fingerprint density at radius 2 is 2.25 bits per heavy atom. The minimum Gasteiger partial charge on any atom is -0.496 e. The molecular formula is C12H10N2O4S2. The Balaban J connectivity index is 2.46. The Kier molecular flexibility index (Phi) is 4.46. The Morgan fingerprint density at radius 1 is 1.50 bits per heavy atom. The molecule has 1 aromatic rings. The van der Waals surface area contributed by atoms with E-state index in [1.165, 1.54) is 43.1 Å². The fourth-order valence-corrected chi connectivity index (χ4v) is 2.83. The summed E-state index contributed by atoms with van der Waals surface area (Å²) in [6.45, 7) is 0. The normalized spacial score (nSPS) is 16.4. The lowest BCUT2D eigenvalue weighted by atomic mass is 10.1. The number of ether oxygens (including phenoxy) is 1. The maximum Gasteiger partial charge on any atom is 0.270 e. The number of methoxy groups -OCH3 is 1. The molecule has 0 spiro atoms. The summed E-state index contributed by atoms with van der Waals surface area (Å²) in [5.41, 5.74) is 0.653. The monoisotopic (exact) mass is 310 g/mol. The second-order valence-corrected chi connectivity index (χ2v) is 5.70. The number of thioether (sulfide) groups is 2. The van der Waals surface area contributed by atoms with Gasteiger partial charge in [-0.15, -0.1) is 11.8 Å². The Hall–Kier alpha value is -1.80. The van der Waals surface area contributed by atoms with Gasteiger partial charge in [0.2, 0.25) is 5.12 Å². The van der Waals surface area contributed by atoms with Crippen LogP contribution in [0.3, 0.4) is 0 Å². The average Bonchev–Trinajstić information content (AvgIpc) is 2.79. The molecule has 8 heteroatoms. The zero-order valence-electron chi connectivity index (χ0n) is 10.7. The molecule has 2 rings (SSSR count). The van der Waals surface area contributed by atoms with Gasteiger partial charge in [-0.25, -0.2) is 4.99 Å². The molecule has 0 N–H and O–H groups in total. The van der Waals surface area contributed by atoms with Crippen molar-refractivity contribution in [2.24, 2.45) is 4.99 Å². The van der Waals surface area contributed by atoms with Crippen LogP contribution in [0.5, 0.6) is 5.75 Å². The van der Waals surface area contributed by atoms with Crippen molar-refractivity contribution in [2.75, 3.05) is 13.4 Å². The van der Waals surface area contributed by atoms with Gasteiger partial charge in [-0.1, -0.05) is 0 Å². The number of carbonyl (C=O) groups excluding carboxylic acids is 1. The molecule has 0 saturated heterocycles. The lowest BCUT2D eigenvalue weighted by Gasteiger charge is -2.04. The van der Waals surface area contributed by atoms with Gasteiger partial charge in [-0.2, -0.15) is 0 Å². The van der Waals surface area contributed by atoms with Crippen LogP contribution in [0.4, 0.5) is 5.69 Å². The van der Waals surface area contributed by atoms with Crippen LogP contribution >= 0.6 is 23.5 Å². The lowest BCUT2D eigenvalue weighted by molar-refractivity contribution is -0.384. The highest BCUT2D eigenvalue weighted by atomic mass is 32.2. The largest absolute Gasteiger partial charge is 0.496 e. The Bertz CT molecular complexity index is 640. The third kappa shape index (κ3) is 3.02. The first-order valence-electron chi connectivity index (χ1n) is 5.44. The lowest BCUT2D eigenvalue weighted by Crippen LogP contribution is -1.94. The summed E-state index contributed by atoms with van der Waals surface area (Å²) < 4.78 is 5.80. The summed E-state index contributed by atoms with van der Waals surface area (Å²) in [7, 11) is 1.46. The molecule has 0 amide bonds. The van der Waals surface area contributed by atoms with Crippen molar-refractivity contribution in [1.82, 2.24) is 0 Å². The third-order valence-corrected chi connectivity index (χ3v) is 4.34. The van der Waals surface area contributed by atoms with Crippen molar-refractivity contribution in [3.05, 3.63) is 39.6 Å². The molecule has 0 saturated carbocycles. The van der Waals surface area contributed by atoms with Gasteiger partial charge in [0.25, 0.3) is 5.69 Å². The van der Waals surface area contributed by atoms with Crippen molar-refractivity contribution in [3.8, 4) is 5.75 Å². The van der Waals surface area contributed by atoms with E-state index < -0.39 is 4.92 Å². The number of hydrogen-bond acceptors (Lipinski definition) is 7. The molecule has 0 radical (unpaired) electrons. The van der Waals surface area contributed by atoms with Crippen molar-refractivity contribution < 1.29 is 14.5 Å². The van der Waals surface area contributed by atoms with Crippen LogP contribution in [-0.4, -0.2) is 27.8 Å². The van der Waals surface area contributed by atoms with Crippen molar-refractivity contribution >= 4 is 44.8 Å². The molecule has 0 aromatic heterocycles. The average molecular weight is 310 g/mol. The van der Waals surface area contributed by atoms with Gasteiger partial charge >= 0.3 is 0 Å². The number of nitro groups is 1. The quantitative estimate of drug-likeness (QED) is 0.485. The van der Waals surface area contributed by atoms with Gasteiger partial charge in [-0.3, -0.25) is 14.9 Å². The predicted molar refractivity (Wildman–Crippen MR) is 81.2 cm³/mol. The van der Waals surface area contributed by atoms with Crippen molar-refractivity contribution in [1.29, 1.82) is 0 Å². The first-order chi connectivity index (χ1) is 9.55. The minimum atomic E-state index is -0.497. The van der Waals surface area contributed by atoms with Crippen LogP contribution in [0, 0.1) is 10.1 Å². The summed E-state index contributed by atoms with van der Waals surface area (Å²) >= 11 is 2.43. The summed E-state index contributed by atoms with van der Waals surface area (Å²) in [6.07, 6.45) is 3.33. The number of hydrogen-bond donors (Lipinski definition) is 0. The van der Waals surface area contributed by atoms with Crippen LogP contribution in [0.2, 0.25) is 0 Å². The number of nitrogens with zero attached hydrogens (tertiary/aromatic N) is 2. The second-order valence-electron chi connectivity index (χ2n) is 3.68. The van der Waals surface area contributed by atoms with E-state index in [1.54, 1.807) is 0 Å². The second kappa shape index (κ2) is 6.10. The van der Waals surface area contributed by atoms with Crippen LogP contribution in [0.15, 0.2) is 28.9 Å². The molecule has 0 bridgehead atoms. The molecule has 0 fully saturated rings. The molecule has 1 aromatic carbocycles. The van der Waals surface area contributed by atoms with E-state index in [-0.39, 0.29) is 16.5 Å². The number of rotatable bonds is 3.